The number of carbonyl (C=O) groups is 1. The summed E-state index contributed by atoms with van der Waals surface area (Å²) in [5.41, 5.74) is 2.68. The van der Waals surface area contributed by atoms with E-state index in [4.69, 9.17) is 4.74 Å². The normalized spacial score (nSPS) is 12.0. The number of aromatic nitrogens is 6. The smallest absolute Gasteiger partial charge is 0.343 e. The van der Waals surface area contributed by atoms with Gasteiger partial charge in [0.05, 0.1) is 6.61 Å². The number of H-pyrrole nitrogens is 2. The molecule has 0 saturated carbocycles. The summed E-state index contributed by atoms with van der Waals surface area (Å²) >= 11 is 0. The number of aromatic amines is 2. The number of esters is 1. The summed E-state index contributed by atoms with van der Waals surface area (Å²) in [4.78, 5) is 44.3. The first-order chi connectivity index (χ1) is 16.3. The maximum Gasteiger partial charge on any atom is 0.343 e. The lowest BCUT2D eigenvalue weighted by Crippen LogP contribution is -2.19. The van der Waals surface area contributed by atoms with Gasteiger partial charge in [0, 0.05) is 42.0 Å². The lowest BCUT2D eigenvalue weighted by Gasteiger charge is -2.17. The fourth-order valence-corrected chi connectivity index (χ4v) is 3.63. The molecule has 0 spiro atoms. The highest BCUT2D eigenvalue weighted by atomic mass is 16.5. The van der Waals surface area contributed by atoms with Crippen LogP contribution in [0.1, 0.15) is 70.2 Å². The minimum absolute atomic E-state index is 0.0121. The van der Waals surface area contributed by atoms with Crippen LogP contribution < -0.4 is 11.1 Å². The van der Waals surface area contributed by atoms with Gasteiger partial charge in [-0.15, -0.1) is 0 Å². The SMILES string of the molecule is CC(C)(C)Cc1cc(=O)n2[nH]ccc2n1.CCOC(=O)c1c[nH]n2c(=O)cc(CC(C)(C)C)nc12. The first-order valence-electron chi connectivity index (χ1n) is 11.6. The number of hydrogen-bond donors (Lipinski definition) is 2. The molecule has 0 saturated heterocycles. The number of fused-ring (bicyclic) bond motifs is 2. The summed E-state index contributed by atoms with van der Waals surface area (Å²) in [6.45, 7) is 14.6. The standard InChI is InChI=1S/C14H19N3O3.C11H15N3O/c1-5-20-13(19)10-8-15-17-11(18)6-9(16-12(10)17)7-14(2,3)4;1-11(2,3)7-8-6-10(15)14-9(13-8)4-5-12-14/h6,8,15H,5,7H2,1-4H3;4-6,12H,7H2,1-3H3. The molecule has 0 unspecified atom stereocenters. The number of nitrogens with one attached hydrogen (secondary N) is 2. The van der Waals surface area contributed by atoms with E-state index >= 15 is 0 Å². The predicted molar refractivity (Wildman–Crippen MR) is 134 cm³/mol. The fraction of sp³-hybridized carbons (Fsp3) is 0.480. The van der Waals surface area contributed by atoms with Crippen LogP contribution >= 0.6 is 0 Å². The fourth-order valence-electron chi connectivity index (χ4n) is 3.63. The molecule has 0 atom stereocenters. The van der Waals surface area contributed by atoms with Crippen LogP contribution in [-0.4, -0.2) is 41.8 Å². The number of nitrogens with zero attached hydrogens (tertiary/aromatic N) is 4. The Hall–Kier alpha value is -3.69. The maximum absolute atomic E-state index is 12.0. The molecule has 0 aromatic carbocycles. The van der Waals surface area contributed by atoms with Crippen molar-refractivity contribution >= 4 is 17.3 Å². The lowest BCUT2D eigenvalue weighted by atomic mass is 9.90. The first kappa shape index (κ1) is 25.9. The highest BCUT2D eigenvalue weighted by Crippen LogP contribution is 2.20. The van der Waals surface area contributed by atoms with Gasteiger partial charge >= 0.3 is 5.97 Å². The van der Waals surface area contributed by atoms with Crippen LogP contribution in [0.25, 0.3) is 11.3 Å². The van der Waals surface area contributed by atoms with Crippen molar-refractivity contribution in [1.82, 2.24) is 29.2 Å². The molecule has 4 aromatic heterocycles. The number of rotatable bonds is 4. The van der Waals surface area contributed by atoms with E-state index in [0.717, 1.165) is 12.1 Å². The number of carbonyl (C=O) groups excluding carboxylic acids is 1. The molecule has 4 heterocycles. The first-order valence-corrected chi connectivity index (χ1v) is 11.6. The second-order valence-corrected chi connectivity index (χ2v) is 10.9. The van der Waals surface area contributed by atoms with Crippen molar-refractivity contribution in [2.75, 3.05) is 6.61 Å². The van der Waals surface area contributed by atoms with Crippen molar-refractivity contribution in [3.05, 3.63) is 68.3 Å². The van der Waals surface area contributed by atoms with Crippen molar-refractivity contribution in [2.45, 2.75) is 61.3 Å². The molecule has 10 nitrogen and oxygen atoms in total. The summed E-state index contributed by atoms with van der Waals surface area (Å²) in [5, 5.41) is 5.55. The molecule has 0 aliphatic heterocycles. The minimum Gasteiger partial charge on any atom is -0.462 e. The van der Waals surface area contributed by atoms with Gasteiger partial charge in [-0.05, 0) is 30.6 Å². The van der Waals surface area contributed by atoms with Gasteiger partial charge in [-0.3, -0.25) is 19.8 Å². The van der Waals surface area contributed by atoms with E-state index < -0.39 is 5.97 Å². The minimum atomic E-state index is -0.481. The average molecular weight is 483 g/mol. The third-order valence-corrected chi connectivity index (χ3v) is 4.90. The second-order valence-electron chi connectivity index (χ2n) is 10.9. The Morgan fingerprint density at radius 1 is 0.914 bits per heavy atom. The topological polar surface area (TPSA) is 127 Å². The molecular formula is C25H34N6O4. The van der Waals surface area contributed by atoms with E-state index in [0.29, 0.717) is 23.4 Å². The Balaban J connectivity index is 0.000000203. The van der Waals surface area contributed by atoms with E-state index in [1.165, 1.54) is 21.3 Å². The zero-order valence-corrected chi connectivity index (χ0v) is 21.4. The molecule has 188 valence electrons. The molecule has 35 heavy (non-hydrogen) atoms. The van der Waals surface area contributed by atoms with Gasteiger partial charge in [-0.2, -0.15) is 0 Å². The van der Waals surface area contributed by atoms with E-state index in [1.807, 2.05) is 0 Å². The van der Waals surface area contributed by atoms with Gasteiger partial charge in [0.1, 0.15) is 5.56 Å². The average Bonchev–Trinajstić information content (AvgIpc) is 3.33. The van der Waals surface area contributed by atoms with Crippen molar-refractivity contribution in [3.8, 4) is 0 Å². The van der Waals surface area contributed by atoms with E-state index in [-0.39, 0.29) is 34.1 Å². The number of hydrogen-bond acceptors (Lipinski definition) is 6. The van der Waals surface area contributed by atoms with Gasteiger partial charge in [0.15, 0.2) is 11.3 Å². The summed E-state index contributed by atoms with van der Waals surface area (Å²) in [6, 6.07) is 4.88. The predicted octanol–water partition coefficient (Wildman–Crippen LogP) is 3.40. The van der Waals surface area contributed by atoms with Crippen molar-refractivity contribution in [1.29, 1.82) is 0 Å². The van der Waals surface area contributed by atoms with Crippen LogP contribution in [0.3, 0.4) is 0 Å². The van der Waals surface area contributed by atoms with Crippen LogP contribution in [0.2, 0.25) is 0 Å². The highest BCUT2D eigenvalue weighted by Gasteiger charge is 2.19. The van der Waals surface area contributed by atoms with Crippen molar-refractivity contribution < 1.29 is 9.53 Å². The largest absolute Gasteiger partial charge is 0.462 e. The van der Waals surface area contributed by atoms with Gasteiger partial charge in [0.2, 0.25) is 0 Å². The van der Waals surface area contributed by atoms with Crippen molar-refractivity contribution in [3.63, 3.8) is 0 Å². The zero-order chi connectivity index (χ0) is 26.0. The third kappa shape index (κ3) is 6.68. The zero-order valence-electron chi connectivity index (χ0n) is 21.4. The van der Waals surface area contributed by atoms with Crippen LogP contribution in [0.15, 0.2) is 40.2 Å². The molecular weight excluding hydrogens is 448 g/mol. The molecule has 4 rings (SSSR count). The molecule has 0 amide bonds. The van der Waals surface area contributed by atoms with Gasteiger partial charge < -0.3 is 4.74 Å². The molecule has 0 radical (unpaired) electrons. The lowest BCUT2D eigenvalue weighted by molar-refractivity contribution is 0.0528. The summed E-state index contributed by atoms with van der Waals surface area (Å²) in [5.74, 6) is -0.481. The van der Waals surface area contributed by atoms with Crippen molar-refractivity contribution in [2.24, 2.45) is 10.8 Å². The van der Waals surface area contributed by atoms with Gasteiger partial charge in [0.25, 0.3) is 11.1 Å². The molecule has 10 heteroatoms. The van der Waals surface area contributed by atoms with E-state index in [9.17, 15) is 14.4 Å². The monoisotopic (exact) mass is 482 g/mol. The Kier molecular flexibility index (Phi) is 7.33. The Bertz CT molecular complexity index is 1440. The van der Waals surface area contributed by atoms with E-state index in [1.54, 1.807) is 25.3 Å². The van der Waals surface area contributed by atoms with Gasteiger partial charge in [-0.25, -0.2) is 23.8 Å². The third-order valence-electron chi connectivity index (χ3n) is 4.90. The van der Waals surface area contributed by atoms with Crippen LogP contribution in [0.4, 0.5) is 0 Å². The van der Waals surface area contributed by atoms with Crippen LogP contribution in [-0.2, 0) is 17.6 Å². The second kappa shape index (κ2) is 9.89. The Morgan fingerprint density at radius 3 is 2.06 bits per heavy atom. The van der Waals surface area contributed by atoms with E-state index in [2.05, 4.69) is 61.7 Å². The molecule has 4 aromatic rings. The summed E-state index contributed by atoms with van der Waals surface area (Å²) in [7, 11) is 0. The molecule has 2 N–H and O–H groups in total. The van der Waals surface area contributed by atoms with Crippen LogP contribution in [0.5, 0.6) is 0 Å². The quantitative estimate of drug-likeness (QED) is 0.429. The summed E-state index contributed by atoms with van der Waals surface area (Å²) < 4.78 is 7.65. The Labute approximate surface area is 203 Å². The highest BCUT2D eigenvalue weighted by molar-refractivity contribution is 5.95. The molecule has 0 bridgehead atoms. The molecule has 0 aliphatic carbocycles. The molecule has 0 fully saturated rings. The van der Waals surface area contributed by atoms with Gasteiger partial charge in [-0.1, -0.05) is 41.5 Å². The maximum atomic E-state index is 12.0. The van der Waals surface area contributed by atoms with Crippen LogP contribution in [0, 0.1) is 10.8 Å². The number of ether oxygens (including phenoxy) is 1. The molecule has 0 aliphatic rings. The Morgan fingerprint density at radius 2 is 1.49 bits per heavy atom. The summed E-state index contributed by atoms with van der Waals surface area (Å²) in [6.07, 6.45) is 4.63.